The normalized spacial score (nSPS) is 20.8. The summed E-state index contributed by atoms with van der Waals surface area (Å²) in [6.07, 6.45) is 0.919. The highest BCUT2D eigenvalue weighted by Crippen LogP contribution is 2.25. The number of halogens is 1. The summed E-state index contributed by atoms with van der Waals surface area (Å²) in [5.74, 6) is 0.631. The number of hydrogen-bond acceptors (Lipinski definition) is 3. The van der Waals surface area contributed by atoms with Crippen LogP contribution in [0, 0.1) is 5.82 Å². The predicted molar refractivity (Wildman–Crippen MR) is 113 cm³/mol. The molecular formula is C23H31FN6+2. The first-order chi connectivity index (χ1) is 14.5. The maximum atomic E-state index is 13.6. The maximum absolute atomic E-state index is 13.6. The van der Waals surface area contributed by atoms with Gasteiger partial charge in [-0.15, -0.1) is 5.10 Å². The van der Waals surface area contributed by atoms with E-state index in [0.29, 0.717) is 0 Å². The highest BCUT2D eigenvalue weighted by atomic mass is 19.1. The van der Waals surface area contributed by atoms with E-state index >= 15 is 0 Å². The Morgan fingerprint density at radius 1 is 1.00 bits per heavy atom. The van der Waals surface area contributed by atoms with Crippen LogP contribution < -0.4 is 9.80 Å². The van der Waals surface area contributed by atoms with Gasteiger partial charge in [0.1, 0.15) is 37.7 Å². The molecule has 0 radical (unpaired) electrons. The lowest BCUT2D eigenvalue weighted by atomic mass is 9.99. The van der Waals surface area contributed by atoms with E-state index in [-0.39, 0.29) is 17.4 Å². The largest absolute Gasteiger partial charge is 0.313 e. The third kappa shape index (κ3) is 4.13. The lowest BCUT2D eigenvalue weighted by molar-refractivity contribution is -1.00. The zero-order valence-corrected chi connectivity index (χ0v) is 18.0. The summed E-state index contributed by atoms with van der Waals surface area (Å²) >= 11 is 0. The highest BCUT2D eigenvalue weighted by molar-refractivity contribution is 5.28. The SMILES string of the molecule is CCC(C)(C)n1nnnc1[C@H](c1ccc(F)cc1)[NH+]1CC[NH+](c2ccccc2)CC1. The van der Waals surface area contributed by atoms with E-state index in [1.54, 1.807) is 0 Å². The third-order valence-electron chi connectivity index (χ3n) is 6.48. The summed E-state index contributed by atoms with van der Waals surface area (Å²) in [5.41, 5.74) is 2.21. The minimum absolute atomic E-state index is 0.0243. The second kappa shape index (κ2) is 8.62. The van der Waals surface area contributed by atoms with Crippen LogP contribution in [0.15, 0.2) is 54.6 Å². The van der Waals surface area contributed by atoms with Gasteiger partial charge in [0.15, 0.2) is 6.04 Å². The molecule has 1 aliphatic heterocycles. The molecule has 4 rings (SSSR count). The van der Waals surface area contributed by atoms with Crippen molar-refractivity contribution < 1.29 is 14.2 Å². The van der Waals surface area contributed by atoms with E-state index in [2.05, 4.69) is 66.6 Å². The van der Waals surface area contributed by atoms with Gasteiger partial charge in [0.2, 0.25) is 5.82 Å². The van der Waals surface area contributed by atoms with Crippen molar-refractivity contribution >= 4 is 5.69 Å². The molecule has 30 heavy (non-hydrogen) atoms. The van der Waals surface area contributed by atoms with Crippen molar-refractivity contribution in [3.8, 4) is 0 Å². The smallest absolute Gasteiger partial charge is 0.214 e. The number of benzene rings is 2. The Morgan fingerprint density at radius 2 is 1.67 bits per heavy atom. The lowest BCUT2D eigenvalue weighted by Gasteiger charge is -2.35. The monoisotopic (exact) mass is 410 g/mol. The minimum Gasteiger partial charge on any atom is -0.313 e. The van der Waals surface area contributed by atoms with Gasteiger partial charge in [-0.25, -0.2) is 9.07 Å². The molecule has 2 aromatic carbocycles. The standard InChI is InChI=1S/C23H29FN6/c1-4-23(2,3)30-22(25-26-27-30)21(18-10-12-19(24)13-11-18)29-16-14-28(15-17-29)20-8-6-5-7-9-20/h5-13,21H,4,14-17H2,1-3H3/p+2/t21-/m0/s1. The number of nitrogens with zero attached hydrogens (tertiary/aromatic N) is 4. The Balaban J connectivity index is 1.65. The van der Waals surface area contributed by atoms with E-state index in [4.69, 9.17) is 0 Å². The van der Waals surface area contributed by atoms with Crippen LogP contribution in [0.3, 0.4) is 0 Å². The van der Waals surface area contributed by atoms with Gasteiger partial charge >= 0.3 is 0 Å². The molecule has 158 valence electrons. The second-order valence-corrected chi connectivity index (χ2v) is 8.73. The number of rotatable bonds is 6. The van der Waals surface area contributed by atoms with Crippen molar-refractivity contribution in [1.29, 1.82) is 0 Å². The van der Waals surface area contributed by atoms with Gasteiger partial charge in [-0.1, -0.05) is 25.1 Å². The fourth-order valence-corrected chi connectivity index (χ4v) is 4.30. The molecule has 0 bridgehead atoms. The van der Waals surface area contributed by atoms with E-state index in [9.17, 15) is 4.39 Å². The third-order valence-corrected chi connectivity index (χ3v) is 6.48. The van der Waals surface area contributed by atoms with Gasteiger partial charge in [0.05, 0.1) is 5.54 Å². The van der Waals surface area contributed by atoms with Crippen LogP contribution in [0.4, 0.5) is 10.1 Å². The molecule has 1 aliphatic rings. The first-order valence-electron chi connectivity index (χ1n) is 10.8. The Labute approximate surface area is 177 Å². The molecule has 1 atom stereocenters. The number of para-hydroxylation sites is 1. The van der Waals surface area contributed by atoms with Gasteiger partial charge < -0.3 is 4.90 Å². The van der Waals surface area contributed by atoms with Crippen LogP contribution in [-0.2, 0) is 5.54 Å². The first kappa shape index (κ1) is 20.6. The summed E-state index contributed by atoms with van der Waals surface area (Å²) in [5, 5.41) is 12.8. The van der Waals surface area contributed by atoms with Crippen LogP contribution in [0.1, 0.15) is 44.6 Å². The Morgan fingerprint density at radius 3 is 2.30 bits per heavy atom. The Bertz CT molecular complexity index is 945. The number of nitrogens with one attached hydrogen (secondary N) is 2. The molecule has 0 aliphatic carbocycles. The summed E-state index contributed by atoms with van der Waals surface area (Å²) < 4.78 is 15.6. The first-order valence-corrected chi connectivity index (χ1v) is 10.8. The zero-order chi connectivity index (χ0) is 21.1. The van der Waals surface area contributed by atoms with Crippen molar-refractivity contribution in [2.45, 2.75) is 38.8 Å². The van der Waals surface area contributed by atoms with Crippen molar-refractivity contribution in [2.24, 2.45) is 0 Å². The zero-order valence-electron chi connectivity index (χ0n) is 18.0. The van der Waals surface area contributed by atoms with Crippen molar-refractivity contribution in [3.63, 3.8) is 0 Å². The molecule has 0 unspecified atom stereocenters. The molecule has 2 N–H and O–H groups in total. The lowest BCUT2D eigenvalue weighted by Crippen LogP contribution is -3.26. The maximum Gasteiger partial charge on any atom is 0.214 e. The van der Waals surface area contributed by atoms with E-state index in [1.807, 2.05) is 16.8 Å². The van der Waals surface area contributed by atoms with Crippen molar-refractivity contribution in [2.75, 3.05) is 26.2 Å². The average Bonchev–Trinajstić information content (AvgIpc) is 3.27. The van der Waals surface area contributed by atoms with Gasteiger partial charge in [-0.05, 0) is 67.1 Å². The number of hydrogen-bond donors (Lipinski definition) is 2. The van der Waals surface area contributed by atoms with Crippen molar-refractivity contribution in [1.82, 2.24) is 20.2 Å². The summed E-state index contributed by atoms with van der Waals surface area (Å²) in [6, 6.07) is 17.5. The van der Waals surface area contributed by atoms with Crippen LogP contribution in [-0.4, -0.2) is 46.4 Å². The van der Waals surface area contributed by atoms with Crippen molar-refractivity contribution in [3.05, 3.63) is 71.8 Å². The fourth-order valence-electron chi connectivity index (χ4n) is 4.30. The topological polar surface area (TPSA) is 52.5 Å². The second-order valence-electron chi connectivity index (χ2n) is 8.73. The molecule has 3 aromatic rings. The van der Waals surface area contributed by atoms with Gasteiger partial charge in [-0.2, -0.15) is 0 Å². The molecule has 0 amide bonds. The van der Waals surface area contributed by atoms with Crippen LogP contribution in [0.2, 0.25) is 0 Å². The Kier molecular flexibility index (Phi) is 5.92. The summed E-state index contributed by atoms with van der Waals surface area (Å²) in [6.45, 7) is 10.5. The molecular weight excluding hydrogens is 379 g/mol. The van der Waals surface area contributed by atoms with Crippen LogP contribution in [0.25, 0.3) is 0 Å². The number of tetrazole rings is 1. The van der Waals surface area contributed by atoms with E-state index < -0.39 is 0 Å². The molecule has 2 heterocycles. The molecule has 1 saturated heterocycles. The predicted octanol–water partition coefficient (Wildman–Crippen LogP) is 1.16. The quantitative estimate of drug-likeness (QED) is 0.641. The van der Waals surface area contributed by atoms with Gasteiger partial charge in [-0.3, -0.25) is 4.90 Å². The molecule has 0 saturated carbocycles. The number of aromatic nitrogens is 4. The molecule has 7 heteroatoms. The summed E-state index contributed by atoms with van der Waals surface area (Å²) in [7, 11) is 0. The van der Waals surface area contributed by atoms with Gasteiger partial charge in [0, 0.05) is 5.56 Å². The van der Waals surface area contributed by atoms with Crippen LogP contribution in [0.5, 0.6) is 0 Å². The average molecular weight is 411 g/mol. The Hall–Kier alpha value is -2.64. The molecule has 1 aromatic heterocycles. The molecule has 1 fully saturated rings. The highest BCUT2D eigenvalue weighted by Gasteiger charge is 2.38. The number of quaternary nitrogens is 2. The van der Waals surface area contributed by atoms with Gasteiger partial charge in [0.25, 0.3) is 0 Å². The van der Waals surface area contributed by atoms with E-state index in [0.717, 1.165) is 44.0 Å². The van der Waals surface area contributed by atoms with E-state index in [1.165, 1.54) is 27.6 Å². The van der Waals surface area contributed by atoms with Crippen LogP contribution >= 0.6 is 0 Å². The summed E-state index contributed by atoms with van der Waals surface area (Å²) in [4.78, 5) is 2.93. The fraction of sp³-hybridized carbons (Fsp3) is 0.435. The molecule has 0 spiro atoms. The number of piperazine rings is 1. The minimum atomic E-state index is -0.223. The molecule has 6 nitrogen and oxygen atoms in total.